The number of carbonyl (C=O) groups excluding carboxylic acids is 1. The number of rotatable bonds is 6. The van der Waals surface area contributed by atoms with E-state index in [1.54, 1.807) is 25.8 Å². The van der Waals surface area contributed by atoms with Gasteiger partial charge in [0, 0.05) is 19.2 Å². The molecule has 26 heavy (non-hydrogen) atoms. The van der Waals surface area contributed by atoms with Crippen LogP contribution in [0.3, 0.4) is 0 Å². The monoisotopic (exact) mass is 372 g/mol. The molecule has 7 heteroatoms. The van der Waals surface area contributed by atoms with Crippen LogP contribution in [0.2, 0.25) is 0 Å². The summed E-state index contributed by atoms with van der Waals surface area (Å²) in [6, 6.07) is 11.1. The molecular formula is C19H20N2O4S. The molecule has 0 unspecified atom stereocenters. The fourth-order valence-corrected chi connectivity index (χ4v) is 3.65. The first-order chi connectivity index (χ1) is 12.5. The Labute approximate surface area is 155 Å². The summed E-state index contributed by atoms with van der Waals surface area (Å²) in [5, 5.41) is 2.88. The number of anilines is 1. The van der Waals surface area contributed by atoms with Gasteiger partial charge in [-0.25, -0.2) is 0 Å². The van der Waals surface area contributed by atoms with Crippen molar-refractivity contribution in [1.82, 2.24) is 4.57 Å². The molecule has 136 valence electrons. The lowest BCUT2D eigenvalue weighted by molar-refractivity contribution is -0.116. The highest BCUT2D eigenvalue weighted by molar-refractivity contribution is 7.16. The molecule has 0 atom stereocenters. The summed E-state index contributed by atoms with van der Waals surface area (Å²) in [6.45, 7) is 0. The van der Waals surface area contributed by atoms with Gasteiger partial charge in [0.25, 0.3) is 0 Å². The summed E-state index contributed by atoms with van der Waals surface area (Å²) < 4.78 is 13.0. The minimum absolute atomic E-state index is 0.0167. The molecule has 0 saturated carbocycles. The van der Waals surface area contributed by atoms with E-state index in [0.29, 0.717) is 30.0 Å². The summed E-state index contributed by atoms with van der Waals surface area (Å²) >= 11 is 1.17. The second-order valence-electron chi connectivity index (χ2n) is 5.85. The molecule has 0 aliphatic carbocycles. The number of methoxy groups -OCH3 is 2. The smallest absolute Gasteiger partial charge is 0.307 e. The molecule has 0 saturated heterocycles. The number of thiazole rings is 1. The third-order valence-corrected chi connectivity index (χ3v) is 5.16. The van der Waals surface area contributed by atoms with Crippen molar-refractivity contribution in [2.75, 3.05) is 19.5 Å². The molecule has 0 radical (unpaired) electrons. The number of amides is 1. The van der Waals surface area contributed by atoms with E-state index in [4.69, 9.17) is 9.47 Å². The number of nitrogens with zero attached hydrogens (tertiary/aromatic N) is 1. The van der Waals surface area contributed by atoms with E-state index < -0.39 is 0 Å². The Morgan fingerprint density at radius 1 is 1.12 bits per heavy atom. The molecule has 0 fully saturated rings. The summed E-state index contributed by atoms with van der Waals surface area (Å²) in [5.41, 5.74) is 2.55. The number of benzene rings is 2. The molecule has 0 aliphatic heterocycles. The maximum atomic E-state index is 12.2. The first kappa shape index (κ1) is 18.0. The normalized spacial score (nSPS) is 10.7. The van der Waals surface area contributed by atoms with Crippen LogP contribution < -0.4 is 19.7 Å². The number of nitrogens with one attached hydrogen (secondary N) is 1. The van der Waals surface area contributed by atoms with Gasteiger partial charge < -0.3 is 19.4 Å². The molecule has 1 N–H and O–H groups in total. The first-order valence-corrected chi connectivity index (χ1v) is 8.94. The lowest BCUT2D eigenvalue weighted by Crippen LogP contribution is -2.12. The van der Waals surface area contributed by atoms with Gasteiger partial charge >= 0.3 is 4.87 Å². The van der Waals surface area contributed by atoms with Gasteiger partial charge in [0.15, 0.2) is 11.5 Å². The third-order valence-electron chi connectivity index (χ3n) is 4.16. The van der Waals surface area contributed by atoms with E-state index in [1.165, 1.54) is 11.3 Å². The van der Waals surface area contributed by atoms with Gasteiger partial charge in [0.05, 0.1) is 24.4 Å². The SMILES string of the molecule is COc1ccc(CCC(=O)Nc2ccc3c(c2)sc(=O)n3C)cc1OC. The fraction of sp³-hybridized carbons (Fsp3) is 0.263. The van der Waals surface area contributed by atoms with Crippen molar-refractivity contribution in [3.8, 4) is 11.5 Å². The predicted molar refractivity (Wildman–Crippen MR) is 104 cm³/mol. The average molecular weight is 372 g/mol. The minimum atomic E-state index is -0.0811. The number of fused-ring (bicyclic) bond motifs is 1. The molecule has 0 spiro atoms. The minimum Gasteiger partial charge on any atom is -0.493 e. The number of hydrogen-bond acceptors (Lipinski definition) is 5. The van der Waals surface area contributed by atoms with E-state index in [9.17, 15) is 9.59 Å². The second-order valence-corrected chi connectivity index (χ2v) is 6.84. The Morgan fingerprint density at radius 3 is 2.62 bits per heavy atom. The topological polar surface area (TPSA) is 69.6 Å². The number of aromatic nitrogens is 1. The van der Waals surface area contributed by atoms with Crippen LogP contribution in [0.5, 0.6) is 11.5 Å². The molecule has 6 nitrogen and oxygen atoms in total. The number of carbonyl (C=O) groups is 1. The summed E-state index contributed by atoms with van der Waals surface area (Å²) in [7, 11) is 4.91. The number of hydrogen-bond donors (Lipinski definition) is 1. The molecule has 1 aromatic heterocycles. The molecule has 1 heterocycles. The molecule has 0 aliphatic rings. The Morgan fingerprint density at radius 2 is 1.88 bits per heavy atom. The van der Waals surface area contributed by atoms with Gasteiger partial charge in [0.2, 0.25) is 5.91 Å². The largest absolute Gasteiger partial charge is 0.493 e. The van der Waals surface area contributed by atoms with E-state index >= 15 is 0 Å². The number of aryl methyl sites for hydroxylation is 2. The Bertz CT molecular complexity index is 1010. The zero-order valence-electron chi connectivity index (χ0n) is 14.9. The van der Waals surface area contributed by atoms with Crippen LogP contribution in [-0.4, -0.2) is 24.7 Å². The molecule has 1 amide bonds. The molecule has 0 bridgehead atoms. The van der Waals surface area contributed by atoms with E-state index in [-0.39, 0.29) is 10.8 Å². The summed E-state index contributed by atoms with van der Waals surface area (Å²) in [4.78, 5) is 23.9. The first-order valence-electron chi connectivity index (χ1n) is 8.12. The average Bonchev–Trinajstić information content (AvgIpc) is 2.93. The zero-order valence-corrected chi connectivity index (χ0v) is 15.7. The van der Waals surface area contributed by atoms with Crippen molar-refractivity contribution in [1.29, 1.82) is 0 Å². The lowest BCUT2D eigenvalue weighted by atomic mass is 10.1. The van der Waals surface area contributed by atoms with Crippen LogP contribution in [-0.2, 0) is 18.3 Å². The predicted octanol–water partition coefficient (Wildman–Crippen LogP) is 3.19. The van der Waals surface area contributed by atoms with Crippen LogP contribution in [0.25, 0.3) is 10.2 Å². The quantitative estimate of drug-likeness (QED) is 0.721. The van der Waals surface area contributed by atoms with E-state index in [0.717, 1.165) is 15.8 Å². The molecule has 2 aromatic carbocycles. The highest BCUT2D eigenvalue weighted by atomic mass is 32.1. The van der Waals surface area contributed by atoms with Crippen molar-refractivity contribution in [2.24, 2.45) is 7.05 Å². The maximum Gasteiger partial charge on any atom is 0.307 e. The van der Waals surface area contributed by atoms with Gasteiger partial charge in [-0.2, -0.15) is 0 Å². The van der Waals surface area contributed by atoms with E-state index in [1.807, 2.05) is 36.4 Å². The van der Waals surface area contributed by atoms with E-state index in [2.05, 4.69) is 5.32 Å². The van der Waals surface area contributed by atoms with Gasteiger partial charge in [0.1, 0.15) is 0 Å². The Balaban J connectivity index is 1.65. The van der Waals surface area contributed by atoms with Gasteiger partial charge in [-0.1, -0.05) is 17.4 Å². The zero-order chi connectivity index (χ0) is 18.7. The van der Waals surface area contributed by atoms with Crippen molar-refractivity contribution in [3.63, 3.8) is 0 Å². The van der Waals surface area contributed by atoms with Crippen LogP contribution >= 0.6 is 11.3 Å². The molecule has 3 aromatic rings. The highest BCUT2D eigenvalue weighted by Gasteiger charge is 2.09. The van der Waals surface area contributed by atoms with Crippen molar-refractivity contribution in [3.05, 3.63) is 51.6 Å². The second kappa shape index (κ2) is 7.61. The van der Waals surface area contributed by atoms with Crippen molar-refractivity contribution in [2.45, 2.75) is 12.8 Å². The fourth-order valence-electron chi connectivity index (χ4n) is 2.73. The van der Waals surface area contributed by atoms with Crippen LogP contribution in [0.15, 0.2) is 41.2 Å². The van der Waals surface area contributed by atoms with Gasteiger partial charge in [-0.3, -0.25) is 9.59 Å². The maximum absolute atomic E-state index is 12.2. The van der Waals surface area contributed by atoms with Gasteiger partial charge in [-0.15, -0.1) is 0 Å². The Hall–Kier alpha value is -2.80. The Kier molecular flexibility index (Phi) is 5.27. The lowest BCUT2D eigenvalue weighted by Gasteiger charge is -2.10. The van der Waals surface area contributed by atoms with Gasteiger partial charge in [-0.05, 0) is 42.3 Å². The number of ether oxygens (including phenoxy) is 2. The standard InChI is InChI=1S/C19H20N2O4S/c1-21-14-7-6-13(11-17(14)26-19(21)23)20-18(22)9-5-12-4-8-15(24-2)16(10-12)25-3/h4,6-8,10-11H,5,9H2,1-3H3,(H,20,22). The van der Waals surface area contributed by atoms with Crippen LogP contribution in [0, 0.1) is 0 Å². The van der Waals surface area contributed by atoms with Crippen molar-refractivity contribution >= 4 is 33.1 Å². The molecular weight excluding hydrogens is 352 g/mol. The van der Waals surface area contributed by atoms with Crippen LogP contribution in [0.4, 0.5) is 5.69 Å². The summed E-state index contributed by atoms with van der Waals surface area (Å²) in [6.07, 6.45) is 0.936. The third kappa shape index (κ3) is 3.72. The highest BCUT2D eigenvalue weighted by Crippen LogP contribution is 2.28. The summed E-state index contributed by atoms with van der Waals surface area (Å²) in [5.74, 6) is 1.23. The van der Waals surface area contributed by atoms with Crippen molar-refractivity contribution < 1.29 is 14.3 Å². The molecule has 3 rings (SSSR count). The van der Waals surface area contributed by atoms with Crippen LogP contribution in [0.1, 0.15) is 12.0 Å².